The van der Waals surface area contributed by atoms with Gasteiger partial charge in [-0.05, 0) is 43.0 Å². The average molecular weight is 205 g/mol. The van der Waals surface area contributed by atoms with Crippen LogP contribution in [-0.2, 0) is 11.2 Å². The molecule has 1 aromatic carbocycles. The molecule has 1 N–H and O–H groups in total. The summed E-state index contributed by atoms with van der Waals surface area (Å²) in [7, 11) is 1.42. The van der Waals surface area contributed by atoms with E-state index >= 15 is 0 Å². The van der Waals surface area contributed by atoms with E-state index in [1.807, 2.05) is 19.1 Å². The molecule has 0 aliphatic carbocycles. The van der Waals surface area contributed by atoms with Crippen LogP contribution in [-0.4, -0.2) is 19.6 Å². The highest BCUT2D eigenvalue weighted by Crippen LogP contribution is 2.27. The van der Waals surface area contributed by atoms with Crippen molar-refractivity contribution in [3.63, 3.8) is 0 Å². The Morgan fingerprint density at radius 1 is 1.47 bits per heavy atom. The molecule has 1 heterocycles. The molecule has 0 aromatic heterocycles. The van der Waals surface area contributed by atoms with Crippen LogP contribution < -0.4 is 5.32 Å². The van der Waals surface area contributed by atoms with Crippen molar-refractivity contribution in [1.29, 1.82) is 0 Å². The molecule has 0 amide bonds. The van der Waals surface area contributed by atoms with Crippen LogP contribution in [0.2, 0.25) is 0 Å². The number of carbonyl (C=O) groups excluding carboxylic acids is 1. The summed E-state index contributed by atoms with van der Waals surface area (Å²) in [4.78, 5) is 11.5. The molecule has 1 aromatic rings. The van der Waals surface area contributed by atoms with E-state index in [1.165, 1.54) is 12.7 Å². The number of hydrogen-bond donors (Lipinski definition) is 1. The number of esters is 1. The quantitative estimate of drug-likeness (QED) is 0.714. The van der Waals surface area contributed by atoms with Crippen LogP contribution >= 0.6 is 0 Å². The lowest BCUT2D eigenvalue weighted by molar-refractivity contribution is 0.0600. The lowest BCUT2D eigenvalue weighted by Gasteiger charge is -2.21. The zero-order chi connectivity index (χ0) is 10.8. The van der Waals surface area contributed by atoms with Gasteiger partial charge in [0, 0.05) is 12.2 Å². The Kier molecular flexibility index (Phi) is 2.62. The van der Waals surface area contributed by atoms with Crippen molar-refractivity contribution in [3.05, 3.63) is 28.8 Å². The number of fused-ring (bicyclic) bond motifs is 1. The molecule has 3 heteroatoms. The maximum absolute atomic E-state index is 11.5. The lowest BCUT2D eigenvalue weighted by atomic mass is 9.94. The second kappa shape index (κ2) is 3.93. The van der Waals surface area contributed by atoms with E-state index in [0.29, 0.717) is 5.56 Å². The molecular weight excluding hydrogens is 190 g/mol. The molecule has 80 valence electrons. The van der Waals surface area contributed by atoms with Crippen LogP contribution in [0.1, 0.15) is 27.9 Å². The fourth-order valence-corrected chi connectivity index (χ4v) is 2.06. The zero-order valence-electron chi connectivity index (χ0n) is 9.09. The minimum Gasteiger partial charge on any atom is -0.465 e. The monoisotopic (exact) mass is 205 g/mol. The van der Waals surface area contributed by atoms with Crippen molar-refractivity contribution < 1.29 is 9.53 Å². The van der Waals surface area contributed by atoms with Crippen LogP contribution in [0.5, 0.6) is 0 Å². The third-order valence-corrected chi connectivity index (χ3v) is 2.92. The third kappa shape index (κ3) is 1.69. The van der Waals surface area contributed by atoms with Gasteiger partial charge in [-0.3, -0.25) is 0 Å². The predicted octanol–water partition coefficient (Wildman–Crippen LogP) is 2.14. The highest BCUT2D eigenvalue weighted by molar-refractivity contribution is 5.92. The van der Waals surface area contributed by atoms with Crippen LogP contribution in [0, 0.1) is 6.92 Å². The summed E-state index contributed by atoms with van der Waals surface area (Å²) in [5.74, 6) is -0.249. The molecule has 15 heavy (non-hydrogen) atoms. The smallest absolute Gasteiger partial charge is 0.338 e. The number of nitrogens with one attached hydrogen (secondary N) is 1. The standard InChI is InChI=1S/C12H15NO2/c1-8-9-4-3-7-13-11(9)6-5-10(8)12(14)15-2/h5-6,13H,3-4,7H2,1-2H3. The van der Waals surface area contributed by atoms with E-state index in [1.54, 1.807) is 0 Å². The first-order chi connectivity index (χ1) is 7.24. The van der Waals surface area contributed by atoms with Gasteiger partial charge in [0.15, 0.2) is 0 Å². The maximum Gasteiger partial charge on any atom is 0.338 e. The van der Waals surface area contributed by atoms with E-state index < -0.39 is 0 Å². The summed E-state index contributed by atoms with van der Waals surface area (Å²) >= 11 is 0. The molecule has 0 radical (unpaired) electrons. The average Bonchev–Trinajstić information content (AvgIpc) is 2.29. The molecule has 1 aliphatic heterocycles. The van der Waals surface area contributed by atoms with E-state index in [2.05, 4.69) is 5.32 Å². The van der Waals surface area contributed by atoms with Gasteiger partial charge in [0.05, 0.1) is 12.7 Å². The SMILES string of the molecule is COC(=O)c1ccc2c(c1C)CCCN2. The number of anilines is 1. The van der Waals surface area contributed by atoms with E-state index in [-0.39, 0.29) is 5.97 Å². The molecule has 0 spiro atoms. The summed E-state index contributed by atoms with van der Waals surface area (Å²) in [5, 5.41) is 3.34. The molecule has 3 nitrogen and oxygen atoms in total. The Morgan fingerprint density at radius 3 is 3.00 bits per heavy atom. The lowest BCUT2D eigenvalue weighted by Crippen LogP contribution is -2.15. The third-order valence-electron chi connectivity index (χ3n) is 2.92. The van der Waals surface area contributed by atoms with Gasteiger partial charge in [-0.25, -0.2) is 4.79 Å². The van der Waals surface area contributed by atoms with Gasteiger partial charge in [-0.1, -0.05) is 0 Å². The van der Waals surface area contributed by atoms with Crippen LogP contribution in [0.15, 0.2) is 12.1 Å². The van der Waals surface area contributed by atoms with Gasteiger partial charge in [0.2, 0.25) is 0 Å². The Balaban J connectivity index is 2.47. The van der Waals surface area contributed by atoms with Crippen LogP contribution in [0.4, 0.5) is 5.69 Å². The number of rotatable bonds is 1. The van der Waals surface area contributed by atoms with Crippen molar-refractivity contribution >= 4 is 11.7 Å². The molecule has 0 saturated heterocycles. The Bertz CT molecular complexity index is 399. The van der Waals surface area contributed by atoms with Gasteiger partial charge in [-0.2, -0.15) is 0 Å². The first kappa shape index (κ1) is 10.0. The summed E-state index contributed by atoms with van der Waals surface area (Å²) in [6, 6.07) is 3.80. The summed E-state index contributed by atoms with van der Waals surface area (Å²) in [5.41, 5.74) is 4.14. The topological polar surface area (TPSA) is 38.3 Å². The molecule has 0 bridgehead atoms. The number of benzene rings is 1. The fraction of sp³-hybridized carbons (Fsp3) is 0.417. The number of ether oxygens (including phenoxy) is 1. The minimum atomic E-state index is -0.249. The Hall–Kier alpha value is -1.51. The predicted molar refractivity (Wildman–Crippen MR) is 59.3 cm³/mol. The molecule has 2 rings (SSSR count). The fourth-order valence-electron chi connectivity index (χ4n) is 2.06. The number of methoxy groups -OCH3 is 1. The van der Waals surface area contributed by atoms with Gasteiger partial charge >= 0.3 is 5.97 Å². The van der Waals surface area contributed by atoms with Crippen molar-refractivity contribution in [3.8, 4) is 0 Å². The van der Waals surface area contributed by atoms with E-state index in [0.717, 1.165) is 30.6 Å². The van der Waals surface area contributed by atoms with Crippen molar-refractivity contribution in [2.45, 2.75) is 19.8 Å². The molecule has 0 saturated carbocycles. The molecular formula is C12H15NO2. The van der Waals surface area contributed by atoms with Crippen molar-refractivity contribution in [2.24, 2.45) is 0 Å². The second-order valence-corrected chi connectivity index (χ2v) is 3.79. The maximum atomic E-state index is 11.5. The van der Waals surface area contributed by atoms with E-state index in [4.69, 9.17) is 4.74 Å². The van der Waals surface area contributed by atoms with Gasteiger partial charge in [0.1, 0.15) is 0 Å². The Labute approximate surface area is 89.4 Å². The second-order valence-electron chi connectivity index (χ2n) is 3.79. The van der Waals surface area contributed by atoms with Gasteiger partial charge < -0.3 is 10.1 Å². The molecule has 1 aliphatic rings. The summed E-state index contributed by atoms with van der Waals surface area (Å²) < 4.78 is 4.75. The van der Waals surface area contributed by atoms with Crippen LogP contribution in [0.25, 0.3) is 0 Å². The number of hydrogen-bond acceptors (Lipinski definition) is 3. The normalized spacial score (nSPS) is 14.0. The summed E-state index contributed by atoms with van der Waals surface area (Å²) in [6.07, 6.45) is 2.16. The zero-order valence-corrected chi connectivity index (χ0v) is 9.09. The van der Waals surface area contributed by atoms with Crippen molar-refractivity contribution in [2.75, 3.05) is 19.0 Å². The first-order valence-corrected chi connectivity index (χ1v) is 5.18. The Morgan fingerprint density at radius 2 is 2.27 bits per heavy atom. The highest BCUT2D eigenvalue weighted by atomic mass is 16.5. The largest absolute Gasteiger partial charge is 0.465 e. The van der Waals surface area contributed by atoms with Crippen molar-refractivity contribution in [1.82, 2.24) is 0 Å². The minimum absolute atomic E-state index is 0.249. The van der Waals surface area contributed by atoms with Gasteiger partial charge in [0.25, 0.3) is 0 Å². The molecule has 0 fully saturated rings. The molecule has 0 atom stereocenters. The first-order valence-electron chi connectivity index (χ1n) is 5.18. The van der Waals surface area contributed by atoms with E-state index in [9.17, 15) is 4.79 Å². The molecule has 0 unspecified atom stereocenters. The van der Waals surface area contributed by atoms with Gasteiger partial charge in [-0.15, -0.1) is 0 Å². The van der Waals surface area contributed by atoms with Crippen LogP contribution in [0.3, 0.4) is 0 Å². The highest BCUT2D eigenvalue weighted by Gasteiger charge is 2.17. The number of carbonyl (C=O) groups is 1. The summed E-state index contributed by atoms with van der Waals surface area (Å²) in [6.45, 7) is 3.00.